The highest BCUT2D eigenvalue weighted by atomic mass is 31.1. The predicted octanol–water partition coefficient (Wildman–Crippen LogP) is 4.29. The standard InChI is InChI=1S/C14H15OP/c1-16(12-13-8-4-2-5-9-13)15-14-10-6-3-7-11-14/h2-11H,12H2,1H3. The average molecular weight is 230 g/mol. The van der Waals surface area contributed by atoms with Gasteiger partial charge in [0.15, 0.2) is 0 Å². The number of hydrogen-bond acceptors (Lipinski definition) is 1. The van der Waals surface area contributed by atoms with Crippen molar-refractivity contribution in [3.63, 3.8) is 0 Å². The van der Waals surface area contributed by atoms with E-state index in [-0.39, 0.29) is 0 Å². The van der Waals surface area contributed by atoms with E-state index in [0.29, 0.717) is 0 Å². The van der Waals surface area contributed by atoms with Crippen LogP contribution < -0.4 is 4.52 Å². The minimum absolute atomic E-state index is 0.433. The minimum atomic E-state index is -0.433. The van der Waals surface area contributed by atoms with Crippen molar-refractivity contribution in [3.05, 3.63) is 66.2 Å². The van der Waals surface area contributed by atoms with Crippen LogP contribution in [0, 0.1) is 0 Å². The van der Waals surface area contributed by atoms with E-state index >= 15 is 0 Å². The molecule has 0 aromatic heterocycles. The maximum atomic E-state index is 5.88. The van der Waals surface area contributed by atoms with Crippen molar-refractivity contribution in [2.45, 2.75) is 6.16 Å². The Kier molecular flexibility index (Phi) is 3.96. The third-order valence-electron chi connectivity index (χ3n) is 2.25. The lowest BCUT2D eigenvalue weighted by Gasteiger charge is -2.13. The highest BCUT2D eigenvalue weighted by Gasteiger charge is 2.04. The van der Waals surface area contributed by atoms with Gasteiger partial charge in [0, 0.05) is 6.16 Å². The Bertz CT molecular complexity index is 372. The molecule has 0 bridgehead atoms. The van der Waals surface area contributed by atoms with E-state index in [2.05, 4.69) is 30.9 Å². The first-order valence-corrected chi connectivity index (χ1v) is 7.22. The van der Waals surface area contributed by atoms with E-state index in [0.717, 1.165) is 11.9 Å². The van der Waals surface area contributed by atoms with Gasteiger partial charge in [-0.25, -0.2) is 0 Å². The van der Waals surface area contributed by atoms with Crippen molar-refractivity contribution in [1.29, 1.82) is 0 Å². The van der Waals surface area contributed by atoms with Crippen LogP contribution in [-0.4, -0.2) is 6.66 Å². The van der Waals surface area contributed by atoms with Gasteiger partial charge in [0.25, 0.3) is 0 Å². The SMILES string of the molecule is CP(Cc1ccccc1)Oc1ccccc1. The third-order valence-corrected chi connectivity index (χ3v) is 3.59. The molecule has 2 heteroatoms. The first kappa shape index (κ1) is 11.2. The van der Waals surface area contributed by atoms with Crippen molar-refractivity contribution in [1.82, 2.24) is 0 Å². The Hall–Kier alpha value is -1.33. The lowest BCUT2D eigenvalue weighted by atomic mass is 10.2. The Labute approximate surface area is 97.9 Å². The molecule has 16 heavy (non-hydrogen) atoms. The lowest BCUT2D eigenvalue weighted by molar-refractivity contribution is 0.617. The Morgan fingerprint density at radius 2 is 1.44 bits per heavy atom. The summed E-state index contributed by atoms with van der Waals surface area (Å²) in [7, 11) is -0.433. The molecular weight excluding hydrogens is 215 g/mol. The van der Waals surface area contributed by atoms with Crippen LogP contribution in [0.15, 0.2) is 60.7 Å². The van der Waals surface area contributed by atoms with E-state index in [1.807, 2.05) is 36.4 Å². The van der Waals surface area contributed by atoms with E-state index in [1.54, 1.807) is 0 Å². The topological polar surface area (TPSA) is 9.23 Å². The first-order valence-electron chi connectivity index (χ1n) is 5.33. The molecule has 2 aromatic rings. The molecule has 2 aromatic carbocycles. The fourth-order valence-electron chi connectivity index (χ4n) is 1.53. The highest BCUT2D eigenvalue weighted by molar-refractivity contribution is 7.51. The zero-order chi connectivity index (χ0) is 11.2. The summed E-state index contributed by atoms with van der Waals surface area (Å²) in [5, 5.41) is 0. The van der Waals surface area contributed by atoms with Crippen LogP contribution in [0.3, 0.4) is 0 Å². The molecule has 82 valence electrons. The van der Waals surface area contributed by atoms with Gasteiger partial charge < -0.3 is 4.52 Å². The fourth-order valence-corrected chi connectivity index (χ4v) is 2.81. The number of benzene rings is 2. The maximum Gasteiger partial charge on any atom is 0.123 e. The summed E-state index contributed by atoms with van der Waals surface area (Å²) in [6, 6.07) is 20.5. The van der Waals surface area contributed by atoms with Gasteiger partial charge in [-0.1, -0.05) is 48.5 Å². The van der Waals surface area contributed by atoms with Crippen LogP contribution >= 0.6 is 8.15 Å². The van der Waals surface area contributed by atoms with Crippen molar-refractivity contribution >= 4 is 8.15 Å². The van der Waals surface area contributed by atoms with Crippen LogP contribution in [0.1, 0.15) is 5.56 Å². The number of rotatable bonds is 4. The average Bonchev–Trinajstić information content (AvgIpc) is 2.31. The van der Waals surface area contributed by atoms with Gasteiger partial charge in [0.1, 0.15) is 5.75 Å². The molecule has 1 atom stereocenters. The summed E-state index contributed by atoms with van der Waals surface area (Å²) in [5.41, 5.74) is 1.34. The summed E-state index contributed by atoms with van der Waals surface area (Å²) in [5.74, 6) is 0.965. The monoisotopic (exact) mass is 230 g/mol. The molecule has 1 unspecified atom stereocenters. The van der Waals surface area contributed by atoms with Gasteiger partial charge >= 0.3 is 0 Å². The zero-order valence-electron chi connectivity index (χ0n) is 9.34. The van der Waals surface area contributed by atoms with Crippen LogP contribution in [0.2, 0.25) is 0 Å². The van der Waals surface area contributed by atoms with Gasteiger partial charge in [0.05, 0.1) is 8.15 Å². The molecule has 0 saturated heterocycles. The van der Waals surface area contributed by atoms with Gasteiger partial charge in [-0.3, -0.25) is 0 Å². The van der Waals surface area contributed by atoms with E-state index in [1.165, 1.54) is 5.56 Å². The van der Waals surface area contributed by atoms with E-state index in [9.17, 15) is 0 Å². The molecule has 0 amide bonds. The quantitative estimate of drug-likeness (QED) is 0.712. The molecule has 0 N–H and O–H groups in total. The Morgan fingerprint density at radius 1 is 0.875 bits per heavy atom. The van der Waals surface area contributed by atoms with Gasteiger partial charge in [-0.15, -0.1) is 0 Å². The van der Waals surface area contributed by atoms with Crippen LogP contribution in [0.5, 0.6) is 5.75 Å². The molecule has 0 aliphatic rings. The van der Waals surface area contributed by atoms with E-state index < -0.39 is 8.15 Å². The highest BCUT2D eigenvalue weighted by Crippen LogP contribution is 2.37. The van der Waals surface area contributed by atoms with Gasteiger partial charge in [-0.05, 0) is 24.4 Å². The Morgan fingerprint density at radius 3 is 2.06 bits per heavy atom. The van der Waals surface area contributed by atoms with Gasteiger partial charge in [0.2, 0.25) is 0 Å². The van der Waals surface area contributed by atoms with Crippen molar-refractivity contribution in [3.8, 4) is 5.75 Å². The van der Waals surface area contributed by atoms with Crippen molar-refractivity contribution in [2.75, 3.05) is 6.66 Å². The molecule has 0 spiro atoms. The second-order valence-electron chi connectivity index (χ2n) is 3.68. The summed E-state index contributed by atoms with van der Waals surface area (Å²) < 4.78 is 5.88. The van der Waals surface area contributed by atoms with Crippen LogP contribution in [0.4, 0.5) is 0 Å². The number of para-hydroxylation sites is 1. The smallest absolute Gasteiger partial charge is 0.123 e. The molecule has 1 nitrogen and oxygen atoms in total. The molecule has 0 aliphatic heterocycles. The van der Waals surface area contributed by atoms with Crippen LogP contribution in [0.25, 0.3) is 0 Å². The molecule has 0 fully saturated rings. The van der Waals surface area contributed by atoms with Crippen molar-refractivity contribution < 1.29 is 4.52 Å². The summed E-state index contributed by atoms with van der Waals surface area (Å²) >= 11 is 0. The summed E-state index contributed by atoms with van der Waals surface area (Å²) in [6.07, 6.45) is 1.01. The largest absolute Gasteiger partial charge is 0.474 e. The van der Waals surface area contributed by atoms with Crippen LogP contribution in [-0.2, 0) is 6.16 Å². The molecule has 0 heterocycles. The number of hydrogen-bond donors (Lipinski definition) is 0. The first-order chi connectivity index (χ1) is 7.84. The lowest BCUT2D eigenvalue weighted by Crippen LogP contribution is -1.90. The van der Waals surface area contributed by atoms with Crippen molar-refractivity contribution in [2.24, 2.45) is 0 Å². The normalized spacial score (nSPS) is 12.1. The third kappa shape index (κ3) is 3.36. The van der Waals surface area contributed by atoms with E-state index in [4.69, 9.17) is 4.52 Å². The molecule has 0 radical (unpaired) electrons. The zero-order valence-corrected chi connectivity index (χ0v) is 10.2. The van der Waals surface area contributed by atoms with Gasteiger partial charge in [-0.2, -0.15) is 0 Å². The summed E-state index contributed by atoms with van der Waals surface area (Å²) in [6.45, 7) is 2.16. The second-order valence-corrected chi connectivity index (χ2v) is 5.43. The fraction of sp³-hybridized carbons (Fsp3) is 0.143. The minimum Gasteiger partial charge on any atom is -0.474 e. The molecule has 0 saturated carbocycles. The molecule has 0 aliphatic carbocycles. The Balaban J connectivity index is 1.92. The molecular formula is C14H15OP. The molecule has 2 rings (SSSR count). The predicted molar refractivity (Wildman–Crippen MR) is 70.1 cm³/mol. The summed E-state index contributed by atoms with van der Waals surface area (Å²) in [4.78, 5) is 0. The maximum absolute atomic E-state index is 5.88. The second kappa shape index (κ2) is 5.67.